The highest BCUT2D eigenvalue weighted by atomic mass is 19.1. The van der Waals surface area contributed by atoms with Crippen molar-refractivity contribution < 1.29 is 9.18 Å². The lowest BCUT2D eigenvalue weighted by molar-refractivity contribution is 0.0980. The number of benzene rings is 2. The Bertz CT molecular complexity index is 894. The van der Waals surface area contributed by atoms with E-state index < -0.39 is 0 Å². The fourth-order valence-corrected chi connectivity index (χ4v) is 2.82. The standard InChI is InChI=1S/C26H31FN2O/c1-4-6-8-25(30)22-12-16-24(17-13-22)29-26(9-7-5-2)28-19-18-20(3)21-10-14-23(27)15-11-21/h9-19,29H,4-8H2,1-3H3/b20-18+,26-9+,28-19-. The van der Waals surface area contributed by atoms with E-state index in [1.165, 1.54) is 12.1 Å². The maximum absolute atomic E-state index is 13.1. The average molecular weight is 407 g/mol. The van der Waals surface area contributed by atoms with Gasteiger partial charge < -0.3 is 5.32 Å². The normalized spacial score (nSPS) is 12.4. The van der Waals surface area contributed by atoms with E-state index in [1.807, 2.05) is 37.3 Å². The first kappa shape index (κ1) is 23.3. The van der Waals surface area contributed by atoms with E-state index in [9.17, 15) is 9.18 Å². The average Bonchev–Trinajstić information content (AvgIpc) is 2.76. The molecule has 0 unspecified atom stereocenters. The van der Waals surface area contributed by atoms with Crippen molar-refractivity contribution in [1.29, 1.82) is 0 Å². The van der Waals surface area contributed by atoms with Crippen LogP contribution in [0.25, 0.3) is 5.57 Å². The van der Waals surface area contributed by atoms with Crippen molar-refractivity contribution in [3.8, 4) is 0 Å². The number of nitrogens with zero attached hydrogens (tertiary/aromatic N) is 1. The lowest BCUT2D eigenvalue weighted by Gasteiger charge is -2.08. The summed E-state index contributed by atoms with van der Waals surface area (Å²) in [5.41, 5.74) is 3.59. The number of carbonyl (C=O) groups is 1. The number of nitrogens with one attached hydrogen (secondary N) is 1. The number of aliphatic imine (C=N–C) groups is 1. The molecule has 4 heteroatoms. The lowest BCUT2D eigenvalue weighted by Crippen LogP contribution is -2.01. The summed E-state index contributed by atoms with van der Waals surface area (Å²) in [5, 5.41) is 3.32. The van der Waals surface area contributed by atoms with Gasteiger partial charge in [-0.25, -0.2) is 9.38 Å². The minimum absolute atomic E-state index is 0.185. The molecule has 0 spiro atoms. The van der Waals surface area contributed by atoms with Gasteiger partial charge in [-0.3, -0.25) is 4.79 Å². The Morgan fingerprint density at radius 2 is 1.67 bits per heavy atom. The summed E-state index contributed by atoms with van der Waals surface area (Å²) in [6.45, 7) is 6.17. The highest BCUT2D eigenvalue weighted by Gasteiger charge is 2.05. The van der Waals surface area contributed by atoms with Crippen LogP contribution >= 0.6 is 0 Å². The van der Waals surface area contributed by atoms with E-state index in [2.05, 4.69) is 30.2 Å². The third-order valence-electron chi connectivity index (χ3n) is 4.70. The van der Waals surface area contributed by atoms with Crippen molar-refractivity contribution in [1.82, 2.24) is 0 Å². The minimum Gasteiger partial charge on any atom is -0.341 e. The molecule has 2 rings (SSSR count). The summed E-state index contributed by atoms with van der Waals surface area (Å²) in [5.74, 6) is 0.696. The van der Waals surface area contributed by atoms with E-state index in [0.29, 0.717) is 6.42 Å². The van der Waals surface area contributed by atoms with Gasteiger partial charge in [-0.1, -0.05) is 38.8 Å². The van der Waals surface area contributed by atoms with Crippen molar-refractivity contribution in [3.05, 3.63) is 83.4 Å². The van der Waals surface area contributed by atoms with E-state index in [4.69, 9.17) is 0 Å². The van der Waals surface area contributed by atoms with E-state index in [0.717, 1.165) is 53.9 Å². The number of allylic oxidation sites excluding steroid dienone is 3. The molecule has 2 aromatic rings. The Balaban J connectivity index is 2.07. The van der Waals surface area contributed by atoms with E-state index in [1.54, 1.807) is 18.3 Å². The third-order valence-corrected chi connectivity index (χ3v) is 4.70. The van der Waals surface area contributed by atoms with Gasteiger partial charge in [-0.15, -0.1) is 0 Å². The second-order valence-electron chi connectivity index (χ2n) is 7.24. The fourth-order valence-electron chi connectivity index (χ4n) is 2.82. The van der Waals surface area contributed by atoms with Gasteiger partial charge in [0.15, 0.2) is 5.78 Å². The molecule has 0 radical (unpaired) electrons. The highest BCUT2D eigenvalue weighted by Crippen LogP contribution is 2.16. The zero-order chi connectivity index (χ0) is 21.8. The number of unbranched alkanes of at least 4 members (excludes halogenated alkanes) is 2. The molecule has 0 fully saturated rings. The van der Waals surface area contributed by atoms with Crippen LogP contribution in [-0.2, 0) is 0 Å². The van der Waals surface area contributed by atoms with Crippen molar-refractivity contribution in [2.75, 3.05) is 5.32 Å². The van der Waals surface area contributed by atoms with Gasteiger partial charge in [0.05, 0.1) is 0 Å². The van der Waals surface area contributed by atoms with Gasteiger partial charge in [0.25, 0.3) is 0 Å². The van der Waals surface area contributed by atoms with Gasteiger partial charge in [0.1, 0.15) is 11.6 Å². The molecular weight excluding hydrogens is 375 g/mol. The van der Waals surface area contributed by atoms with Crippen LogP contribution in [0.4, 0.5) is 10.1 Å². The van der Waals surface area contributed by atoms with Crippen LogP contribution in [0, 0.1) is 5.82 Å². The van der Waals surface area contributed by atoms with Crippen LogP contribution in [0.1, 0.15) is 68.8 Å². The molecule has 0 heterocycles. The first-order valence-electron chi connectivity index (χ1n) is 10.6. The molecule has 0 aliphatic heterocycles. The zero-order valence-electron chi connectivity index (χ0n) is 18.1. The Hall–Kier alpha value is -3.01. The predicted octanol–water partition coefficient (Wildman–Crippen LogP) is 7.43. The van der Waals surface area contributed by atoms with Gasteiger partial charge >= 0.3 is 0 Å². The number of hydrogen-bond donors (Lipinski definition) is 1. The second kappa shape index (κ2) is 12.5. The largest absolute Gasteiger partial charge is 0.341 e. The molecule has 0 aliphatic carbocycles. The first-order chi connectivity index (χ1) is 14.5. The number of halogens is 1. The van der Waals surface area contributed by atoms with Gasteiger partial charge in [0, 0.05) is 23.9 Å². The SMILES string of the molecule is CCC\C=C(/N=C\C=C(/C)c1ccc(F)cc1)Nc1ccc(C(=O)CCCC)cc1. The summed E-state index contributed by atoms with van der Waals surface area (Å²) >= 11 is 0. The molecule has 0 aliphatic rings. The van der Waals surface area contributed by atoms with Crippen LogP contribution in [0.2, 0.25) is 0 Å². The quantitative estimate of drug-likeness (QED) is 0.311. The van der Waals surface area contributed by atoms with Gasteiger partial charge in [-0.05, 0) is 79.5 Å². The maximum Gasteiger partial charge on any atom is 0.162 e. The summed E-state index contributed by atoms with van der Waals surface area (Å²) in [4.78, 5) is 16.7. The predicted molar refractivity (Wildman–Crippen MR) is 125 cm³/mol. The lowest BCUT2D eigenvalue weighted by atomic mass is 10.1. The monoisotopic (exact) mass is 406 g/mol. The number of ketones is 1. The Morgan fingerprint density at radius 3 is 2.30 bits per heavy atom. The number of anilines is 1. The number of hydrogen-bond acceptors (Lipinski definition) is 3. The Kier molecular flexibility index (Phi) is 9.72. The molecule has 0 saturated carbocycles. The van der Waals surface area contributed by atoms with Crippen LogP contribution in [0.3, 0.4) is 0 Å². The smallest absolute Gasteiger partial charge is 0.162 e. The topological polar surface area (TPSA) is 41.5 Å². The molecule has 0 amide bonds. The second-order valence-corrected chi connectivity index (χ2v) is 7.24. The Morgan fingerprint density at radius 1 is 1.00 bits per heavy atom. The summed E-state index contributed by atoms with van der Waals surface area (Å²) in [7, 11) is 0. The molecule has 30 heavy (non-hydrogen) atoms. The molecule has 0 bridgehead atoms. The van der Waals surface area contributed by atoms with Crippen molar-refractivity contribution in [2.45, 2.75) is 52.9 Å². The van der Waals surface area contributed by atoms with Gasteiger partial charge in [0.2, 0.25) is 0 Å². The molecule has 158 valence electrons. The van der Waals surface area contributed by atoms with Crippen LogP contribution in [0.15, 0.2) is 71.5 Å². The highest BCUT2D eigenvalue weighted by molar-refractivity contribution is 5.96. The molecule has 0 atom stereocenters. The molecular formula is C26H31FN2O. The maximum atomic E-state index is 13.1. The fraction of sp³-hybridized carbons (Fsp3) is 0.308. The van der Waals surface area contributed by atoms with Gasteiger partial charge in [-0.2, -0.15) is 0 Å². The molecule has 1 N–H and O–H groups in total. The first-order valence-corrected chi connectivity index (χ1v) is 10.6. The molecule has 2 aromatic carbocycles. The van der Waals surface area contributed by atoms with Crippen LogP contribution in [0.5, 0.6) is 0 Å². The summed E-state index contributed by atoms with van der Waals surface area (Å²) in [6.07, 6.45) is 10.2. The van der Waals surface area contributed by atoms with E-state index in [-0.39, 0.29) is 11.6 Å². The van der Waals surface area contributed by atoms with Crippen molar-refractivity contribution in [3.63, 3.8) is 0 Å². The summed E-state index contributed by atoms with van der Waals surface area (Å²) in [6, 6.07) is 14.0. The number of rotatable bonds is 11. The zero-order valence-corrected chi connectivity index (χ0v) is 18.1. The number of Topliss-reactive ketones (excluding diaryl/α,β-unsaturated/α-hetero) is 1. The minimum atomic E-state index is -0.243. The number of carbonyl (C=O) groups excluding carboxylic acids is 1. The molecule has 0 saturated heterocycles. The Labute approximate surface area is 179 Å². The summed E-state index contributed by atoms with van der Waals surface area (Å²) < 4.78 is 13.1. The van der Waals surface area contributed by atoms with Crippen molar-refractivity contribution >= 4 is 23.3 Å². The van der Waals surface area contributed by atoms with Crippen LogP contribution < -0.4 is 5.32 Å². The van der Waals surface area contributed by atoms with E-state index >= 15 is 0 Å². The molecule has 0 aromatic heterocycles. The van der Waals surface area contributed by atoms with Crippen molar-refractivity contribution in [2.24, 2.45) is 4.99 Å². The molecule has 3 nitrogen and oxygen atoms in total. The third kappa shape index (κ3) is 7.78. The van der Waals surface area contributed by atoms with Crippen LogP contribution in [-0.4, -0.2) is 12.0 Å².